The zero-order valence-corrected chi connectivity index (χ0v) is 10.9. The average Bonchev–Trinajstić information content (AvgIpc) is 2.38. The van der Waals surface area contributed by atoms with Gasteiger partial charge < -0.3 is 0 Å². The molecule has 1 atom stereocenters. The second-order valence-corrected chi connectivity index (χ2v) is 4.67. The van der Waals surface area contributed by atoms with Crippen molar-refractivity contribution in [3.05, 3.63) is 65.5 Å². The van der Waals surface area contributed by atoms with Crippen molar-refractivity contribution in [1.29, 1.82) is 0 Å². The van der Waals surface area contributed by atoms with Gasteiger partial charge in [-0.3, -0.25) is 9.78 Å². The van der Waals surface area contributed by atoms with E-state index in [4.69, 9.17) is 11.6 Å². The van der Waals surface area contributed by atoms with Crippen molar-refractivity contribution in [2.75, 3.05) is 0 Å². The van der Waals surface area contributed by atoms with E-state index in [2.05, 4.69) is 4.98 Å². The molecule has 0 aliphatic heterocycles. The molecule has 2 rings (SSSR count). The molecule has 0 bridgehead atoms. The van der Waals surface area contributed by atoms with Crippen LogP contribution in [-0.2, 0) is 11.2 Å². The standard InChI is InChI=1S/C15H14ClNO/c1-11-5-7-12(8-6-11)14(15(16)18)10-13-4-2-3-9-17-13/h2-9,14H,10H2,1H3. The zero-order chi connectivity index (χ0) is 13.0. The Balaban J connectivity index is 2.24. The molecule has 2 aromatic rings. The molecule has 3 heteroatoms. The fourth-order valence-electron chi connectivity index (χ4n) is 1.86. The first kappa shape index (κ1) is 12.8. The highest BCUT2D eigenvalue weighted by molar-refractivity contribution is 6.64. The first-order valence-electron chi connectivity index (χ1n) is 5.82. The Morgan fingerprint density at radius 2 is 1.94 bits per heavy atom. The van der Waals surface area contributed by atoms with Gasteiger partial charge in [0, 0.05) is 18.3 Å². The van der Waals surface area contributed by atoms with Crippen LogP contribution in [-0.4, -0.2) is 10.2 Å². The molecule has 0 spiro atoms. The number of hydrogen-bond donors (Lipinski definition) is 0. The lowest BCUT2D eigenvalue weighted by atomic mass is 9.94. The molecule has 92 valence electrons. The van der Waals surface area contributed by atoms with Gasteiger partial charge in [0.1, 0.15) is 0 Å². The van der Waals surface area contributed by atoms with Gasteiger partial charge in [0.25, 0.3) is 0 Å². The van der Waals surface area contributed by atoms with Gasteiger partial charge in [0.2, 0.25) is 5.24 Å². The fourth-order valence-corrected chi connectivity index (χ4v) is 2.06. The number of aryl methyl sites for hydroxylation is 1. The van der Waals surface area contributed by atoms with Crippen LogP contribution >= 0.6 is 11.6 Å². The number of carbonyl (C=O) groups excluding carboxylic acids is 1. The highest BCUT2D eigenvalue weighted by atomic mass is 35.5. The first-order chi connectivity index (χ1) is 8.66. The predicted octanol–water partition coefficient (Wildman–Crippen LogP) is 3.48. The summed E-state index contributed by atoms with van der Waals surface area (Å²) < 4.78 is 0. The van der Waals surface area contributed by atoms with Crippen molar-refractivity contribution in [2.24, 2.45) is 0 Å². The maximum atomic E-state index is 11.6. The molecule has 0 amide bonds. The molecule has 0 fully saturated rings. The van der Waals surface area contributed by atoms with Gasteiger partial charge in [0.15, 0.2) is 0 Å². The van der Waals surface area contributed by atoms with Crippen LogP contribution < -0.4 is 0 Å². The topological polar surface area (TPSA) is 30.0 Å². The van der Waals surface area contributed by atoms with Crippen LogP contribution in [0.25, 0.3) is 0 Å². The molecule has 1 aromatic carbocycles. The summed E-state index contributed by atoms with van der Waals surface area (Å²) in [7, 11) is 0. The van der Waals surface area contributed by atoms with Gasteiger partial charge in [-0.2, -0.15) is 0 Å². The van der Waals surface area contributed by atoms with Gasteiger partial charge in [-0.05, 0) is 36.2 Å². The van der Waals surface area contributed by atoms with E-state index in [0.29, 0.717) is 6.42 Å². The largest absolute Gasteiger partial charge is 0.281 e. The van der Waals surface area contributed by atoms with Gasteiger partial charge in [-0.1, -0.05) is 35.9 Å². The lowest BCUT2D eigenvalue weighted by Crippen LogP contribution is -2.11. The van der Waals surface area contributed by atoms with Crippen molar-refractivity contribution in [3.63, 3.8) is 0 Å². The van der Waals surface area contributed by atoms with Crippen LogP contribution in [0.15, 0.2) is 48.7 Å². The molecule has 2 nitrogen and oxygen atoms in total. The Morgan fingerprint density at radius 1 is 1.22 bits per heavy atom. The van der Waals surface area contributed by atoms with Crippen molar-refractivity contribution in [1.82, 2.24) is 4.98 Å². The number of benzene rings is 1. The molecule has 0 saturated carbocycles. The molecular weight excluding hydrogens is 246 g/mol. The smallest absolute Gasteiger partial charge is 0.229 e. The third-order valence-corrected chi connectivity index (χ3v) is 3.16. The van der Waals surface area contributed by atoms with Crippen LogP contribution in [0.4, 0.5) is 0 Å². The number of hydrogen-bond acceptors (Lipinski definition) is 2. The van der Waals surface area contributed by atoms with Crippen LogP contribution in [0.5, 0.6) is 0 Å². The van der Waals surface area contributed by atoms with E-state index in [1.807, 2.05) is 49.4 Å². The van der Waals surface area contributed by atoms with Gasteiger partial charge in [-0.15, -0.1) is 0 Å². The van der Waals surface area contributed by atoms with E-state index in [-0.39, 0.29) is 11.2 Å². The second kappa shape index (κ2) is 5.78. The van der Waals surface area contributed by atoms with E-state index in [0.717, 1.165) is 16.8 Å². The Labute approximate surface area is 112 Å². The lowest BCUT2D eigenvalue weighted by molar-refractivity contribution is -0.113. The van der Waals surface area contributed by atoms with Gasteiger partial charge in [0.05, 0.1) is 5.92 Å². The van der Waals surface area contributed by atoms with Gasteiger partial charge in [-0.25, -0.2) is 0 Å². The minimum atomic E-state index is -0.343. The molecular formula is C15H14ClNO. The maximum absolute atomic E-state index is 11.6. The molecule has 0 aliphatic carbocycles. The number of carbonyl (C=O) groups is 1. The van der Waals surface area contributed by atoms with E-state index >= 15 is 0 Å². The quantitative estimate of drug-likeness (QED) is 0.787. The van der Waals surface area contributed by atoms with Gasteiger partial charge >= 0.3 is 0 Å². The lowest BCUT2D eigenvalue weighted by Gasteiger charge is -2.12. The highest BCUT2D eigenvalue weighted by Gasteiger charge is 2.19. The Hall–Kier alpha value is -1.67. The fraction of sp³-hybridized carbons (Fsp3) is 0.200. The number of halogens is 1. The third-order valence-electron chi connectivity index (χ3n) is 2.89. The van der Waals surface area contributed by atoms with Crippen LogP contribution in [0.1, 0.15) is 22.7 Å². The monoisotopic (exact) mass is 259 g/mol. The van der Waals surface area contributed by atoms with E-state index < -0.39 is 0 Å². The molecule has 1 aromatic heterocycles. The third kappa shape index (κ3) is 3.17. The maximum Gasteiger partial charge on any atom is 0.229 e. The van der Waals surface area contributed by atoms with E-state index in [1.54, 1.807) is 6.20 Å². The summed E-state index contributed by atoms with van der Waals surface area (Å²) in [5, 5.41) is -0.343. The van der Waals surface area contributed by atoms with Crippen LogP contribution in [0.2, 0.25) is 0 Å². The summed E-state index contributed by atoms with van der Waals surface area (Å²) in [4.78, 5) is 15.8. The van der Waals surface area contributed by atoms with E-state index in [9.17, 15) is 4.79 Å². The van der Waals surface area contributed by atoms with E-state index in [1.165, 1.54) is 0 Å². The molecule has 18 heavy (non-hydrogen) atoms. The summed E-state index contributed by atoms with van der Waals surface area (Å²) in [6.45, 7) is 2.01. The predicted molar refractivity (Wildman–Crippen MR) is 72.7 cm³/mol. The number of aromatic nitrogens is 1. The molecule has 0 saturated heterocycles. The second-order valence-electron chi connectivity index (χ2n) is 4.29. The number of pyridine rings is 1. The first-order valence-corrected chi connectivity index (χ1v) is 6.20. The molecule has 1 unspecified atom stereocenters. The Bertz CT molecular complexity index is 522. The summed E-state index contributed by atoms with van der Waals surface area (Å²) in [6, 6.07) is 13.5. The Kier molecular flexibility index (Phi) is 4.11. The van der Waals surface area contributed by atoms with Crippen molar-refractivity contribution in [2.45, 2.75) is 19.3 Å². The van der Waals surface area contributed by atoms with Crippen molar-refractivity contribution < 1.29 is 4.79 Å². The van der Waals surface area contributed by atoms with Crippen molar-refractivity contribution in [3.8, 4) is 0 Å². The zero-order valence-electron chi connectivity index (χ0n) is 10.1. The molecule has 0 radical (unpaired) electrons. The summed E-state index contributed by atoms with van der Waals surface area (Å²) in [5.41, 5.74) is 2.97. The molecule has 0 aliphatic rings. The van der Waals surface area contributed by atoms with Crippen LogP contribution in [0.3, 0.4) is 0 Å². The Morgan fingerprint density at radius 3 is 2.50 bits per heavy atom. The summed E-state index contributed by atoms with van der Waals surface area (Å²) in [5.74, 6) is -0.331. The van der Waals surface area contributed by atoms with Crippen LogP contribution in [0, 0.1) is 6.92 Å². The highest BCUT2D eigenvalue weighted by Crippen LogP contribution is 2.23. The number of nitrogens with zero attached hydrogens (tertiary/aromatic N) is 1. The minimum Gasteiger partial charge on any atom is -0.281 e. The normalized spacial score (nSPS) is 12.1. The minimum absolute atomic E-state index is 0.331. The average molecular weight is 260 g/mol. The van der Waals surface area contributed by atoms with Crippen molar-refractivity contribution >= 4 is 16.8 Å². The summed E-state index contributed by atoms with van der Waals surface area (Å²) >= 11 is 5.70. The SMILES string of the molecule is Cc1ccc(C(Cc2ccccn2)C(=O)Cl)cc1. The molecule has 0 N–H and O–H groups in total. The summed E-state index contributed by atoms with van der Waals surface area (Å²) in [6.07, 6.45) is 2.26. The molecule has 1 heterocycles. The number of rotatable bonds is 4.